The molecule has 0 fully saturated rings. The van der Waals surface area contributed by atoms with Crippen LogP contribution < -0.4 is 0 Å². The van der Waals surface area contributed by atoms with E-state index in [1.807, 2.05) is 0 Å². The van der Waals surface area contributed by atoms with Crippen molar-refractivity contribution in [2.24, 2.45) is 0 Å². The molecule has 2 aromatic heterocycles. The second kappa shape index (κ2) is 5.32. The lowest BCUT2D eigenvalue weighted by molar-refractivity contribution is 0.597. The van der Waals surface area contributed by atoms with Crippen molar-refractivity contribution in [2.45, 2.75) is 11.8 Å². The summed E-state index contributed by atoms with van der Waals surface area (Å²) < 4.78 is 23.8. The van der Waals surface area contributed by atoms with Crippen LogP contribution in [-0.4, -0.2) is 29.1 Å². The summed E-state index contributed by atoms with van der Waals surface area (Å²) in [4.78, 5) is 13.7. The van der Waals surface area contributed by atoms with E-state index in [-0.39, 0.29) is 15.8 Å². The Morgan fingerprint density at radius 2 is 2.10 bits per heavy atom. The monoisotopic (exact) mass is 339 g/mol. The Hall–Kier alpha value is -1.57. The molecule has 108 valence electrons. The van der Waals surface area contributed by atoms with Crippen molar-refractivity contribution < 1.29 is 8.42 Å². The maximum absolute atomic E-state index is 11.9. The average Bonchev–Trinajstić information content (AvgIpc) is 3.01. The van der Waals surface area contributed by atoms with E-state index in [1.165, 1.54) is 17.4 Å². The molecule has 5 nitrogen and oxygen atoms in total. The first-order valence-electron chi connectivity index (χ1n) is 6.10. The van der Waals surface area contributed by atoms with Gasteiger partial charge in [0.2, 0.25) is 0 Å². The van der Waals surface area contributed by atoms with Gasteiger partial charge in [-0.15, -0.1) is 11.3 Å². The molecule has 0 aliphatic carbocycles. The first-order valence-corrected chi connectivity index (χ1v) is 9.01. The molecule has 0 aliphatic heterocycles. The Bertz CT molecular complexity index is 909. The van der Waals surface area contributed by atoms with Gasteiger partial charge in [-0.05, 0) is 18.2 Å². The Kier molecular flexibility index (Phi) is 3.64. The fraction of sp³-hybridized carbons (Fsp3) is 0.154. The molecule has 8 heteroatoms. The molecule has 0 bridgehead atoms. The zero-order chi connectivity index (χ0) is 15.0. The number of nitrogens with zero attached hydrogens (tertiary/aromatic N) is 3. The number of aromatic nitrogens is 3. The summed E-state index contributed by atoms with van der Waals surface area (Å²) >= 11 is 7.60. The predicted octanol–water partition coefficient (Wildman–Crippen LogP) is 3.20. The molecule has 0 spiro atoms. The first kappa shape index (κ1) is 14.4. The number of sulfone groups is 1. The fourth-order valence-corrected chi connectivity index (χ4v) is 3.56. The molecular weight excluding hydrogens is 330 g/mol. The molecule has 21 heavy (non-hydrogen) atoms. The number of rotatable bonds is 3. The van der Waals surface area contributed by atoms with Crippen LogP contribution in [-0.2, 0) is 9.84 Å². The summed E-state index contributed by atoms with van der Waals surface area (Å²) in [5, 5.41) is 0.760. The van der Waals surface area contributed by atoms with Crippen molar-refractivity contribution >= 4 is 43.7 Å². The van der Waals surface area contributed by atoms with Gasteiger partial charge in [0, 0.05) is 11.6 Å². The van der Waals surface area contributed by atoms with Crippen LogP contribution in [0.5, 0.6) is 0 Å². The molecule has 3 rings (SSSR count). The smallest absolute Gasteiger partial charge is 0.178 e. The zero-order valence-electron chi connectivity index (χ0n) is 10.9. The Morgan fingerprint density at radius 1 is 1.29 bits per heavy atom. The number of benzene rings is 1. The molecule has 0 radical (unpaired) electrons. The second-order valence-corrected chi connectivity index (χ2v) is 7.81. The molecule has 0 N–H and O–H groups in total. The molecule has 2 heterocycles. The minimum Gasteiger partial charge on any atom is -0.252 e. The Balaban J connectivity index is 2.21. The van der Waals surface area contributed by atoms with Crippen molar-refractivity contribution in [3.63, 3.8) is 0 Å². The van der Waals surface area contributed by atoms with Crippen molar-refractivity contribution in [1.82, 2.24) is 15.0 Å². The third-order valence-electron chi connectivity index (χ3n) is 3.01. The summed E-state index contributed by atoms with van der Waals surface area (Å²) in [6.07, 6.45) is 1.66. The van der Waals surface area contributed by atoms with Crippen LogP contribution in [0, 0.1) is 0 Å². The third-order valence-corrected chi connectivity index (χ3v) is 5.80. The highest BCUT2D eigenvalue weighted by molar-refractivity contribution is 7.91. The van der Waals surface area contributed by atoms with Gasteiger partial charge >= 0.3 is 0 Å². The third kappa shape index (κ3) is 2.64. The van der Waals surface area contributed by atoms with E-state index in [0.717, 1.165) is 4.88 Å². The van der Waals surface area contributed by atoms with E-state index in [0.29, 0.717) is 16.7 Å². The summed E-state index contributed by atoms with van der Waals surface area (Å²) in [6.45, 7) is 1.60. The van der Waals surface area contributed by atoms with Gasteiger partial charge in [-0.3, -0.25) is 4.98 Å². The molecule has 0 aliphatic rings. The van der Waals surface area contributed by atoms with Gasteiger partial charge in [-0.2, -0.15) is 0 Å². The van der Waals surface area contributed by atoms with E-state index < -0.39 is 9.84 Å². The maximum Gasteiger partial charge on any atom is 0.178 e. The standard InChI is InChI=1S/C13H10ClN3O2S2/c1-2-21(18,19)8-3-4-10-9(5-8)12(14)17-13(16-10)11-6-15-7-20-11/h3-7H,2H2,1H3. The van der Waals surface area contributed by atoms with Crippen molar-refractivity contribution in [2.75, 3.05) is 5.75 Å². The minimum atomic E-state index is -3.28. The molecule has 0 saturated carbocycles. The molecule has 0 unspecified atom stereocenters. The minimum absolute atomic E-state index is 0.0376. The number of hydrogen-bond acceptors (Lipinski definition) is 6. The van der Waals surface area contributed by atoms with E-state index in [2.05, 4.69) is 15.0 Å². The van der Waals surface area contributed by atoms with Crippen molar-refractivity contribution in [3.05, 3.63) is 35.1 Å². The average molecular weight is 340 g/mol. The molecule has 1 aromatic carbocycles. The van der Waals surface area contributed by atoms with Crippen LogP contribution in [0.2, 0.25) is 5.15 Å². The summed E-state index contributed by atoms with van der Waals surface area (Å²) in [5.41, 5.74) is 2.29. The van der Waals surface area contributed by atoms with E-state index >= 15 is 0 Å². The van der Waals surface area contributed by atoms with Gasteiger partial charge < -0.3 is 0 Å². The van der Waals surface area contributed by atoms with E-state index in [4.69, 9.17) is 11.6 Å². The summed E-state index contributed by atoms with van der Waals surface area (Å²) in [5.74, 6) is 0.525. The van der Waals surface area contributed by atoms with Gasteiger partial charge in [0.15, 0.2) is 15.7 Å². The lowest BCUT2D eigenvalue weighted by atomic mass is 10.2. The highest BCUT2D eigenvalue weighted by Crippen LogP contribution is 2.28. The molecule has 0 amide bonds. The first-order chi connectivity index (χ1) is 10.0. The zero-order valence-corrected chi connectivity index (χ0v) is 13.3. The number of thiazole rings is 1. The van der Waals surface area contributed by atoms with Gasteiger partial charge in [0.05, 0.1) is 26.6 Å². The predicted molar refractivity (Wildman–Crippen MR) is 83.4 cm³/mol. The van der Waals surface area contributed by atoms with E-state index in [9.17, 15) is 8.42 Å². The molecule has 3 aromatic rings. The van der Waals surface area contributed by atoms with Crippen LogP contribution in [0.1, 0.15) is 6.92 Å². The number of hydrogen-bond donors (Lipinski definition) is 0. The highest BCUT2D eigenvalue weighted by atomic mass is 35.5. The topological polar surface area (TPSA) is 72.8 Å². The Morgan fingerprint density at radius 3 is 2.76 bits per heavy atom. The van der Waals surface area contributed by atoms with Crippen LogP contribution in [0.4, 0.5) is 0 Å². The number of halogens is 1. The summed E-state index contributed by atoms with van der Waals surface area (Å²) in [7, 11) is -3.28. The van der Waals surface area contributed by atoms with Crippen LogP contribution in [0.25, 0.3) is 21.6 Å². The normalized spacial score (nSPS) is 11.9. The lowest BCUT2D eigenvalue weighted by Gasteiger charge is -2.06. The SMILES string of the molecule is CCS(=O)(=O)c1ccc2nc(-c3cncs3)nc(Cl)c2c1. The lowest BCUT2D eigenvalue weighted by Crippen LogP contribution is -2.03. The number of fused-ring (bicyclic) bond motifs is 1. The maximum atomic E-state index is 11.9. The van der Waals surface area contributed by atoms with Crippen molar-refractivity contribution in [1.29, 1.82) is 0 Å². The quantitative estimate of drug-likeness (QED) is 0.685. The van der Waals surface area contributed by atoms with Gasteiger partial charge in [-0.25, -0.2) is 18.4 Å². The molecule has 0 saturated heterocycles. The fourth-order valence-electron chi connectivity index (χ4n) is 1.87. The Labute approximate surface area is 130 Å². The largest absolute Gasteiger partial charge is 0.252 e. The van der Waals surface area contributed by atoms with Crippen LogP contribution >= 0.6 is 22.9 Å². The second-order valence-electron chi connectivity index (χ2n) is 4.29. The molecular formula is C13H10ClN3O2S2. The van der Waals surface area contributed by atoms with E-state index in [1.54, 1.807) is 30.8 Å². The van der Waals surface area contributed by atoms with Gasteiger partial charge in [0.1, 0.15) is 5.15 Å². The van der Waals surface area contributed by atoms with Crippen LogP contribution in [0.3, 0.4) is 0 Å². The summed E-state index contributed by atoms with van der Waals surface area (Å²) in [6, 6.07) is 4.71. The van der Waals surface area contributed by atoms with Gasteiger partial charge in [-0.1, -0.05) is 18.5 Å². The van der Waals surface area contributed by atoms with Crippen LogP contribution in [0.15, 0.2) is 34.8 Å². The molecule has 0 atom stereocenters. The van der Waals surface area contributed by atoms with Gasteiger partial charge in [0.25, 0.3) is 0 Å². The highest BCUT2D eigenvalue weighted by Gasteiger charge is 2.15. The van der Waals surface area contributed by atoms with Crippen molar-refractivity contribution in [3.8, 4) is 10.7 Å².